The molecule has 0 aliphatic rings. The van der Waals surface area contributed by atoms with E-state index in [1.54, 1.807) is 0 Å². The maximum absolute atomic E-state index is 9.99. The summed E-state index contributed by atoms with van der Waals surface area (Å²) in [5, 5.41) is 13.6. The number of carbonyl (C=O) groups excluding carboxylic acids is 1. The van der Waals surface area contributed by atoms with Crippen molar-refractivity contribution in [2.45, 2.75) is 19.8 Å². The first kappa shape index (κ1) is 12.3. The summed E-state index contributed by atoms with van der Waals surface area (Å²) in [6.45, 7) is 5.27. The van der Waals surface area contributed by atoms with E-state index in [9.17, 15) is 4.79 Å². The Bertz CT molecular complexity index is 169. The number of hydrogen-bond donors (Lipinski definition) is 2. The van der Waals surface area contributed by atoms with Crippen molar-refractivity contribution in [3.05, 3.63) is 12.2 Å². The topological polar surface area (TPSA) is 78.2 Å². The molecule has 0 saturated heterocycles. The van der Waals surface area contributed by atoms with Crippen molar-refractivity contribution in [1.82, 2.24) is 0 Å². The first-order valence-electron chi connectivity index (χ1n) is 3.05. The van der Waals surface area contributed by atoms with Gasteiger partial charge in [0.2, 0.25) is 6.08 Å². The van der Waals surface area contributed by atoms with Crippen LogP contribution in [-0.4, -0.2) is 17.2 Å². The summed E-state index contributed by atoms with van der Waals surface area (Å²) in [5.41, 5.74) is 0.299. The Morgan fingerprint density at radius 2 is 2.09 bits per heavy atom. The van der Waals surface area contributed by atoms with Gasteiger partial charge in [-0.05, 0) is 6.42 Å². The second kappa shape index (κ2) is 8.59. The minimum Gasteiger partial charge on any atom is -0.478 e. The highest BCUT2D eigenvalue weighted by Gasteiger charge is 1.99. The standard InChI is InChI=1S/C6H10O2.CHNO/c1-3-4-5(2)6(7)8;2-1-3/h2-4H2,1H3,(H,7,8);2H. The predicted octanol–water partition coefficient (Wildman–Crippen LogP) is 1.33. The van der Waals surface area contributed by atoms with E-state index in [2.05, 4.69) is 6.58 Å². The highest BCUT2D eigenvalue weighted by molar-refractivity contribution is 5.85. The lowest BCUT2D eigenvalue weighted by Gasteiger charge is -1.92. The fraction of sp³-hybridized carbons (Fsp3) is 0.429. The predicted molar refractivity (Wildman–Crippen MR) is 40.1 cm³/mol. The molecule has 0 rings (SSSR count). The molecule has 0 bridgehead atoms. The summed E-state index contributed by atoms with van der Waals surface area (Å²) in [7, 11) is 0. The number of rotatable bonds is 3. The minimum atomic E-state index is -0.883. The summed E-state index contributed by atoms with van der Waals surface area (Å²) >= 11 is 0. The van der Waals surface area contributed by atoms with Gasteiger partial charge in [0.05, 0.1) is 0 Å². The average Bonchev–Trinajstić information content (AvgIpc) is 1.90. The van der Waals surface area contributed by atoms with Crippen LogP contribution in [0.15, 0.2) is 12.2 Å². The molecule has 0 radical (unpaired) electrons. The van der Waals surface area contributed by atoms with Crippen LogP contribution in [0.5, 0.6) is 0 Å². The third-order valence-electron chi connectivity index (χ3n) is 0.854. The first-order valence-corrected chi connectivity index (χ1v) is 3.05. The molecular weight excluding hydrogens is 146 g/mol. The quantitative estimate of drug-likeness (QED) is 0.368. The molecule has 0 aliphatic heterocycles. The van der Waals surface area contributed by atoms with Crippen molar-refractivity contribution in [1.29, 1.82) is 5.41 Å². The van der Waals surface area contributed by atoms with Crippen LogP contribution in [0.25, 0.3) is 0 Å². The molecule has 4 nitrogen and oxygen atoms in total. The van der Waals surface area contributed by atoms with Crippen molar-refractivity contribution in [3.8, 4) is 0 Å². The van der Waals surface area contributed by atoms with Crippen molar-refractivity contribution in [2.24, 2.45) is 0 Å². The highest BCUT2D eigenvalue weighted by atomic mass is 16.4. The summed E-state index contributed by atoms with van der Waals surface area (Å²) in [4.78, 5) is 18.3. The molecular formula is C7H11NO3. The van der Waals surface area contributed by atoms with E-state index < -0.39 is 5.97 Å². The molecule has 0 aromatic heterocycles. The molecule has 0 fully saturated rings. The van der Waals surface area contributed by atoms with E-state index in [0.717, 1.165) is 12.5 Å². The van der Waals surface area contributed by atoms with Gasteiger partial charge in [0.15, 0.2) is 0 Å². The van der Waals surface area contributed by atoms with Gasteiger partial charge in [-0.15, -0.1) is 0 Å². The van der Waals surface area contributed by atoms with Crippen molar-refractivity contribution in [3.63, 3.8) is 0 Å². The molecule has 0 unspecified atom stereocenters. The van der Waals surface area contributed by atoms with Crippen LogP contribution in [-0.2, 0) is 9.59 Å². The second-order valence-corrected chi connectivity index (χ2v) is 1.76. The monoisotopic (exact) mass is 157 g/mol. The Morgan fingerprint density at radius 3 is 2.18 bits per heavy atom. The molecule has 4 heteroatoms. The number of carbonyl (C=O) groups is 1. The lowest BCUT2D eigenvalue weighted by atomic mass is 10.2. The number of aliphatic carboxylic acids is 1. The Labute approximate surface area is 65.0 Å². The number of hydrogen-bond acceptors (Lipinski definition) is 3. The van der Waals surface area contributed by atoms with Crippen LogP contribution in [0.4, 0.5) is 0 Å². The Balaban J connectivity index is 0. The van der Waals surface area contributed by atoms with Gasteiger partial charge in [0, 0.05) is 5.57 Å². The third-order valence-corrected chi connectivity index (χ3v) is 0.854. The zero-order chi connectivity index (χ0) is 9.28. The first-order chi connectivity index (χ1) is 5.09. The van der Waals surface area contributed by atoms with Gasteiger partial charge in [-0.25, -0.2) is 15.0 Å². The molecule has 0 heterocycles. The average molecular weight is 157 g/mol. The second-order valence-electron chi connectivity index (χ2n) is 1.76. The smallest absolute Gasteiger partial charge is 0.330 e. The minimum absolute atomic E-state index is 0.299. The van der Waals surface area contributed by atoms with Crippen molar-refractivity contribution in [2.75, 3.05) is 0 Å². The van der Waals surface area contributed by atoms with Crippen LogP contribution in [0.2, 0.25) is 0 Å². The molecule has 0 amide bonds. The number of carboxylic acids is 1. The molecule has 0 spiro atoms. The maximum Gasteiger partial charge on any atom is 0.330 e. The van der Waals surface area contributed by atoms with Gasteiger partial charge < -0.3 is 5.11 Å². The van der Waals surface area contributed by atoms with Crippen LogP contribution < -0.4 is 0 Å². The molecule has 0 saturated carbocycles. The lowest BCUT2D eigenvalue weighted by Crippen LogP contribution is -1.97. The van der Waals surface area contributed by atoms with E-state index in [4.69, 9.17) is 15.3 Å². The summed E-state index contributed by atoms with van der Waals surface area (Å²) in [5.74, 6) is -0.883. The molecule has 0 aliphatic carbocycles. The summed E-state index contributed by atoms with van der Waals surface area (Å²) in [6, 6.07) is 0. The zero-order valence-electron chi connectivity index (χ0n) is 6.39. The third kappa shape index (κ3) is 11.9. The van der Waals surface area contributed by atoms with Gasteiger partial charge in [0.1, 0.15) is 0 Å². The number of nitrogens with one attached hydrogen (secondary N) is 1. The number of carboxylic acid groups (broad SMARTS) is 1. The van der Waals surface area contributed by atoms with Crippen molar-refractivity contribution < 1.29 is 14.7 Å². The van der Waals surface area contributed by atoms with Gasteiger partial charge in [-0.2, -0.15) is 0 Å². The lowest BCUT2D eigenvalue weighted by molar-refractivity contribution is -0.132. The molecule has 0 aromatic rings. The van der Waals surface area contributed by atoms with Crippen LogP contribution >= 0.6 is 0 Å². The van der Waals surface area contributed by atoms with E-state index in [0.29, 0.717) is 12.0 Å². The SMILES string of the molecule is C=C(CCC)C(=O)O.N=C=O. The van der Waals surface area contributed by atoms with Crippen LogP contribution in [0.1, 0.15) is 19.8 Å². The molecule has 0 aromatic carbocycles. The van der Waals surface area contributed by atoms with E-state index in [1.807, 2.05) is 6.92 Å². The maximum atomic E-state index is 9.99. The molecule has 2 N–H and O–H groups in total. The fourth-order valence-corrected chi connectivity index (χ4v) is 0.409. The Hall–Kier alpha value is -1.41. The van der Waals surface area contributed by atoms with E-state index >= 15 is 0 Å². The highest BCUT2D eigenvalue weighted by Crippen LogP contribution is 1.99. The summed E-state index contributed by atoms with van der Waals surface area (Å²) in [6.07, 6.45) is 2.19. The fourth-order valence-electron chi connectivity index (χ4n) is 0.409. The van der Waals surface area contributed by atoms with Gasteiger partial charge in [0.25, 0.3) is 0 Å². The van der Waals surface area contributed by atoms with Crippen LogP contribution in [0, 0.1) is 5.41 Å². The molecule has 62 valence electrons. The number of isocyanates is 1. The normalized spacial score (nSPS) is 7.00. The molecule has 0 atom stereocenters. The largest absolute Gasteiger partial charge is 0.478 e. The Morgan fingerprint density at radius 1 is 1.73 bits per heavy atom. The van der Waals surface area contributed by atoms with Gasteiger partial charge >= 0.3 is 5.97 Å². The van der Waals surface area contributed by atoms with Gasteiger partial charge in [-0.3, -0.25) is 0 Å². The van der Waals surface area contributed by atoms with E-state index in [1.165, 1.54) is 0 Å². The van der Waals surface area contributed by atoms with E-state index in [-0.39, 0.29) is 0 Å². The Kier molecular flexibility index (Phi) is 9.59. The summed E-state index contributed by atoms with van der Waals surface area (Å²) < 4.78 is 0. The van der Waals surface area contributed by atoms with Crippen LogP contribution in [0.3, 0.4) is 0 Å². The molecule has 11 heavy (non-hydrogen) atoms. The van der Waals surface area contributed by atoms with Gasteiger partial charge in [-0.1, -0.05) is 19.9 Å². The van der Waals surface area contributed by atoms with Crippen molar-refractivity contribution >= 4 is 12.0 Å². The zero-order valence-corrected chi connectivity index (χ0v) is 6.39.